The number of hydrogen-bond acceptors (Lipinski definition) is 1. The maximum Gasteiger partial charge on any atom is 0.180 e. The fourth-order valence-electron chi connectivity index (χ4n) is 5.65. The van der Waals surface area contributed by atoms with Crippen molar-refractivity contribution in [1.82, 2.24) is 0 Å². The second-order valence-corrected chi connectivity index (χ2v) is 11.5. The fourth-order valence-corrected chi connectivity index (χ4v) is 13.0. The summed E-state index contributed by atoms with van der Waals surface area (Å²) >= 11 is 59.0. The molecular weight excluding hydrogens is 455 g/mol. The quantitative estimate of drug-likeness (QED) is 0.499. The van der Waals surface area contributed by atoms with Crippen LogP contribution in [-0.4, -0.2) is 44.2 Å². The van der Waals surface area contributed by atoms with Gasteiger partial charge in [-0.15, -0.1) is 81.2 Å². The minimum Gasteiger partial charge on any atom is -0.295 e. The van der Waals surface area contributed by atoms with E-state index in [1.54, 1.807) is 0 Å². The van der Waals surface area contributed by atoms with Gasteiger partial charge in [0.05, 0.1) is 0 Å². The molecule has 0 amide bonds. The van der Waals surface area contributed by atoms with Crippen molar-refractivity contribution in [3.05, 3.63) is 0 Å². The van der Waals surface area contributed by atoms with Gasteiger partial charge in [-0.25, -0.2) is 0 Å². The lowest BCUT2D eigenvalue weighted by Crippen LogP contribution is -2.98. The van der Waals surface area contributed by atoms with Crippen LogP contribution >= 0.6 is 104 Å². The zero-order chi connectivity index (χ0) is 15.2. The summed E-state index contributed by atoms with van der Waals surface area (Å²) in [6.07, 6.45) is 0. The molecule has 4 bridgehead atoms. The third-order valence-electron chi connectivity index (χ3n) is 6.16. The van der Waals surface area contributed by atoms with Gasteiger partial charge >= 0.3 is 0 Å². The number of Topliss-reactive ketones (excluding diaryl/α,β-unsaturated/α-hetero) is 1. The minimum absolute atomic E-state index is 0.547. The number of hydrogen-bond donors (Lipinski definition) is 0. The van der Waals surface area contributed by atoms with E-state index in [4.69, 9.17) is 104 Å². The molecule has 0 unspecified atom stereocenters. The third kappa shape index (κ3) is 0.587. The Labute approximate surface area is 158 Å². The second-order valence-electron chi connectivity index (χ2n) is 6.11. The van der Waals surface area contributed by atoms with Crippen LogP contribution in [0.25, 0.3) is 0 Å². The average molecular weight is 456 g/mol. The highest BCUT2D eigenvalue weighted by atomic mass is 35.5. The molecule has 0 spiro atoms. The molecule has 6 aliphatic rings. The maximum atomic E-state index is 12.6. The average Bonchev–Trinajstić information content (AvgIpc) is 2.62. The zero-order valence-electron chi connectivity index (χ0n) is 8.89. The first-order chi connectivity index (χ1) is 8.77. The highest BCUT2D eigenvalue weighted by molar-refractivity contribution is 6.79. The zero-order valence-corrected chi connectivity index (χ0v) is 15.7. The van der Waals surface area contributed by atoms with E-state index in [-0.39, 0.29) is 0 Å². The minimum atomic E-state index is -1.77. The normalized spacial score (nSPS) is 80.7. The van der Waals surface area contributed by atoms with Gasteiger partial charge < -0.3 is 0 Å². The van der Waals surface area contributed by atoms with Crippen molar-refractivity contribution in [3.8, 4) is 0 Å². The number of alkyl halides is 9. The molecule has 6 saturated carbocycles. The van der Waals surface area contributed by atoms with Gasteiger partial charge in [-0.05, 0) is 0 Å². The van der Waals surface area contributed by atoms with Gasteiger partial charge in [-0.3, -0.25) is 4.79 Å². The lowest BCUT2D eigenvalue weighted by Gasteiger charge is -2.77. The highest BCUT2D eigenvalue weighted by Gasteiger charge is 3.26. The van der Waals surface area contributed by atoms with E-state index in [0.29, 0.717) is 0 Å². The topological polar surface area (TPSA) is 17.1 Å². The van der Waals surface area contributed by atoms with Crippen molar-refractivity contribution in [2.75, 3.05) is 0 Å². The van der Waals surface area contributed by atoms with Crippen LogP contribution in [-0.2, 0) is 4.79 Å². The molecule has 1 nitrogen and oxygen atoms in total. The lowest BCUT2D eigenvalue weighted by atomic mass is 9.42. The van der Waals surface area contributed by atoms with Gasteiger partial charge in [0.25, 0.3) is 0 Å². The molecule has 6 rings (SSSR count). The van der Waals surface area contributed by atoms with Crippen LogP contribution in [0.1, 0.15) is 0 Å². The largest absolute Gasteiger partial charge is 0.295 e. The van der Waals surface area contributed by atoms with Crippen LogP contribution in [0, 0.1) is 5.92 Å². The van der Waals surface area contributed by atoms with Gasteiger partial charge in [-0.1, -0.05) is 23.2 Å². The van der Waals surface area contributed by atoms with Crippen LogP contribution in [0.4, 0.5) is 0 Å². The molecule has 0 aromatic heterocycles. The summed E-state index contributed by atoms with van der Waals surface area (Å²) in [5.74, 6) is -1.40. The Hall–Kier alpha value is 2.28. The second kappa shape index (κ2) is 2.76. The standard InChI is InChI=1S/C10HCl9O/c11-3-1-4(12)6(14,2(3)20)8(16)7(3,15)5(1,13)10(18,19)9(4,8)17/h1H/t1-,3-,4+,5-,6-,7+,8+,9+/m1/s1. The van der Waals surface area contributed by atoms with E-state index in [9.17, 15) is 4.79 Å². The summed E-state index contributed by atoms with van der Waals surface area (Å²) < 4.78 is -1.77. The van der Waals surface area contributed by atoms with Gasteiger partial charge in [-0.2, -0.15) is 0 Å². The number of halogens is 9. The highest BCUT2D eigenvalue weighted by Crippen LogP contribution is 3.07. The molecule has 0 radical (unpaired) electrons. The monoisotopic (exact) mass is 452 g/mol. The first-order valence-corrected chi connectivity index (χ1v) is 8.92. The van der Waals surface area contributed by atoms with E-state index in [1.807, 2.05) is 0 Å². The molecule has 0 saturated heterocycles. The van der Waals surface area contributed by atoms with E-state index in [0.717, 1.165) is 0 Å². The summed E-state index contributed by atoms with van der Waals surface area (Å²) in [7, 11) is 0. The third-order valence-corrected chi connectivity index (χ3v) is 14.0. The Balaban J connectivity index is 2.04. The predicted octanol–water partition coefficient (Wildman–Crippen LogP) is 4.26. The summed E-state index contributed by atoms with van der Waals surface area (Å²) in [5.41, 5.74) is 0. The van der Waals surface area contributed by atoms with Crippen molar-refractivity contribution in [3.63, 3.8) is 0 Å². The molecule has 8 atom stereocenters. The van der Waals surface area contributed by atoms with Crippen molar-refractivity contribution in [2.45, 2.75) is 38.5 Å². The van der Waals surface area contributed by atoms with E-state index < -0.39 is 50.2 Å². The van der Waals surface area contributed by atoms with Crippen molar-refractivity contribution in [1.29, 1.82) is 0 Å². The molecule has 110 valence electrons. The summed E-state index contributed by atoms with van der Waals surface area (Å²) in [4.78, 5) is 1.21. The molecule has 0 aromatic rings. The lowest BCUT2D eigenvalue weighted by molar-refractivity contribution is -0.122. The molecule has 0 aromatic carbocycles. The first-order valence-electron chi connectivity index (χ1n) is 5.52. The number of carbonyl (C=O) groups is 1. The van der Waals surface area contributed by atoms with E-state index in [2.05, 4.69) is 0 Å². The molecule has 6 fully saturated rings. The van der Waals surface area contributed by atoms with Crippen molar-refractivity contribution in [2.24, 2.45) is 5.92 Å². The van der Waals surface area contributed by atoms with E-state index in [1.165, 1.54) is 0 Å². The fraction of sp³-hybridized carbons (Fsp3) is 0.900. The first kappa shape index (κ1) is 14.6. The Morgan fingerprint density at radius 2 is 1.20 bits per heavy atom. The maximum absolute atomic E-state index is 12.6. The predicted molar refractivity (Wildman–Crippen MR) is 83.0 cm³/mol. The summed E-state index contributed by atoms with van der Waals surface area (Å²) in [5, 5.41) is 0. The Kier molecular flexibility index (Phi) is 2.02. The van der Waals surface area contributed by atoms with Crippen molar-refractivity contribution >= 4 is 110 Å². The summed E-state index contributed by atoms with van der Waals surface area (Å²) in [6.45, 7) is 0. The molecule has 0 N–H and O–H groups in total. The van der Waals surface area contributed by atoms with Crippen LogP contribution in [0.15, 0.2) is 0 Å². The smallest absolute Gasteiger partial charge is 0.180 e. The van der Waals surface area contributed by atoms with Gasteiger partial charge in [0.2, 0.25) is 0 Å². The van der Waals surface area contributed by atoms with Crippen LogP contribution in [0.5, 0.6) is 0 Å². The molecule has 10 heteroatoms. The number of ketones is 1. The number of carbonyl (C=O) groups excluding carboxylic acids is 1. The van der Waals surface area contributed by atoms with E-state index >= 15 is 0 Å². The molecule has 0 heterocycles. The van der Waals surface area contributed by atoms with Crippen LogP contribution in [0.3, 0.4) is 0 Å². The van der Waals surface area contributed by atoms with Crippen LogP contribution in [0.2, 0.25) is 0 Å². The SMILES string of the molecule is O=C1[C@@]2(Cl)[C@@]3(Cl)[C@H]4[C@]1(Cl)[C@@]1(Cl)[C@]2(Cl)[C@]3(Cl)C(Cl)(Cl)[C@@]41Cl. The molecule has 6 aliphatic carbocycles. The number of rotatable bonds is 0. The summed E-state index contributed by atoms with van der Waals surface area (Å²) in [6, 6.07) is 0. The molecule has 0 aliphatic heterocycles. The Morgan fingerprint density at radius 3 is 1.70 bits per heavy atom. The van der Waals surface area contributed by atoms with Gasteiger partial charge in [0.15, 0.2) is 10.1 Å². The Morgan fingerprint density at radius 1 is 0.700 bits per heavy atom. The molecular formula is C10HCl9O. The van der Waals surface area contributed by atoms with Gasteiger partial charge in [0.1, 0.15) is 34.1 Å². The molecule has 20 heavy (non-hydrogen) atoms. The van der Waals surface area contributed by atoms with Gasteiger partial charge in [0, 0.05) is 5.92 Å². The van der Waals surface area contributed by atoms with Crippen LogP contribution < -0.4 is 0 Å². The Bertz CT molecular complexity index is 682. The van der Waals surface area contributed by atoms with Crippen molar-refractivity contribution < 1.29 is 4.79 Å².